The molecule has 1 aliphatic heterocycles. The quantitative estimate of drug-likeness (QED) is 0.430. The van der Waals surface area contributed by atoms with Crippen LogP contribution in [-0.4, -0.2) is 47.4 Å². The summed E-state index contributed by atoms with van der Waals surface area (Å²) in [6.07, 6.45) is 6.81. The van der Waals surface area contributed by atoms with E-state index in [1.807, 2.05) is 49.4 Å². The summed E-state index contributed by atoms with van der Waals surface area (Å²) >= 11 is 0. The molecule has 0 radical (unpaired) electrons. The Morgan fingerprint density at radius 3 is 2.69 bits per heavy atom. The van der Waals surface area contributed by atoms with Crippen molar-refractivity contribution in [1.29, 1.82) is 0 Å². The van der Waals surface area contributed by atoms with Crippen molar-refractivity contribution in [2.45, 2.75) is 32.6 Å². The van der Waals surface area contributed by atoms with Crippen LogP contribution in [0.5, 0.6) is 11.6 Å². The highest BCUT2D eigenvalue weighted by Crippen LogP contribution is 2.29. The molecular formula is C24H29N3O2. The number of aryl methyl sites for hydroxylation is 1. The third-order valence-electron chi connectivity index (χ3n) is 5.57. The van der Waals surface area contributed by atoms with Gasteiger partial charge >= 0.3 is 0 Å². The van der Waals surface area contributed by atoms with E-state index in [0.717, 1.165) is 53.0 Å². The van der Waals surface area contributed by atoms with Gasteiger partial charge in [-0.1, -0.05) is 18.6 Å². The zero-order chi connectivity index (χ0) is 20.1. The summed E-state index contributed by atoms with van der Waals surface area (Å²) in [5.74, 6) is 1.01. The Morgan fingerprint density at radius 2 is 1.90 bits per heavy atom. The topological polar surface area (TPSA) is 60.9 Å². The zero-order valence-corrected chi connectivity index (χ0v) is 17.0. The summed E-state index contributed by atoms with van der Waals surface area (Å²) in [5, 5.41) is 11.2. The Hall–Kier alpha value is -2.79. The number of aliphatic imine (C=N–C) groups is 1. The summed E-state index contributed by atoms with van der Waals surface area (Å²) < 4.78 is 5.87. The van der Waals surface area contributed by atoms with Gasteiger partial charge in [-0.25, -0.2) is 0 Å². The average molecular weight is 392 g/mol. The molecule has 5 nitrogen and oxygen atoms in total. The molecule has 2 N–H and O–H groups in total. The van der Waals surface area contributed by atoms with Gasteiger partial charge in [0, 0.05) is 23.7 Å². The van der Waals surface area contributed by atoms with Crippen LogP contribution in [0, 0.1) is 6.92 Å². The molecule has 152 valence electrons. The molecular weight excluding hydrogens is 362 g/mol. The van der Waals surface area contributed by atoms with Gasteiger partial charge in [0.1, 0.15) is 5.75 Å². The van der Waals surface area contributed by atoms with E-state index in [0.29, 0.717) is 0 Å². The molecule has 5 heteroatoms. The first-order valence-corrected chi connectivity index (χ1v) is 10.5. The van der Waals surface area contributed by atoms with E-state index in [4.69, 9.17) is 4.74 Å². The van der Waals surface area contributed by atoms with E-state index in [1.54, 1.807) is 6.21 Å². The monoisotopic (exact) mass is 391 g/mol. The lowest BCUT2D eigenvalue weighted by atomic mass is 10.1. The maximum atomic E-state index is 10.2. The highest BCUT2D eigenvalue weighted by molar-refractivity contribution is 6.04. The maximum Gasteiger partial charge on any atom is 0.198 e. The summed E-state index contributed by atoms with van der Waals surface area (Å²) in [5.41, 5.74) is 3.56. The van der Waals surface area contributed by atoms with Crippen LogP contribution in [0.2, 0.25) is 0 Å². The van der Waals surface area contributed by atoms with E-state index in [-0.39, 0.29) is 5.88 Å². The van der Waals surface area contributed by atoms with Crippen LogP contribution in [0.15, 0.2) is 47.5 Å². The van der Waals surface area contributed by atoms with Crippen molar-refractivity contribution < 1.29 is 9.84 Å². The summed E-state index contributed by atoms with van der Waals surface area (Å²) in [6.45, 7) is 6.36. The van der Waals surface area contributed by atoms with Gasteiger partial charge < -0.3 is 19.7 Å². The molecule has 0 saturated carbocycles. The number of likely N-dealkylation sites (tertiary alicyclic amines) is 1. The SMILES string of the molecule is Cc1cccc2[nH]c(O)c(C=Nc3ccc(OCCCN4CCCCC4)cc3)c12. The standard InChI is InChI=1S/C24H29N3O2/c1-18-7-5-8-22-23(18)21(24(28)26-22)17-25-19-9-11-20(12-10-19)29-16-6-15-27-13-3-2-4-14-27/h5,7-12,17,26,28H,2-4,6,13-16H2,1H3. The molecule has 1 aromatic heterocycles. The summed E-state index contributed by atoms with van der Waals surface area (Å²) in [6, 6.07) is 13.7. The van der Waals surface area contributed by atoms with Gasteiger partial charge in [-0.3, -0.25) is 4.99 Å². The van der Waals surface area contributed by atoms with Gasteiger partial charge in [0.05, 0.1) is 17.9 Å². The van der Waals surface area contributed by atoms with Gasteiger partial charge in [0.15, 0.2) is 5.88 Å². The molecule has 0 spiro atoms. The van der Waals surface area contributed by atoms with Crippen molar-refractivity contribution in [3.05, 3.63) is 53.6 Å². The minimum atomic E-state index is 0.145. The van der Waals surface area contributed by atoms with Gasteiger partial charge in [0.25, 0.3) is 0 Å². The fourth-order valence-electron chi connectivity index (χ4n) is 4.00. The molecule has 2 heterocycles. The first kappa shape index (κ1) is 19.5. The molecule has 0 bridgehead atoms. The Bertz CT molecular complexity index is 970. The molecule has 4 rings (SSSR count). The van der Waals surface area contributed by atoms with E-state index >= 15 is 0 Å². The van der Waals surface area contributed by atoms with Crippen molar-refractivity contribution >= 4 is 22.8 Å². The first-order valence-electron chi connectivity index (χ1n) is 10.5. The second-order valence-electron chi connectivity index (χ2n) is 7.74. The van der Waals surface area contributed by atoms with Crippen molar-refractivity contribution in [2.75, 3.05) is 26.2 Å². The zero-order valence-electron chi connectivity index (χ0n) is 17.0. The second-order valence-corrected chi connectivity index (χ2v) is 7.74. The Morgan fingerprint density at radius 1 is 1.10 bits per heavy atom. The molecule has 1 saturated heterocycles. The Balaban J connectivity index is 1.33. The number of ether oxygens (including phenoxy) is 1. The van der Waals surface area contributed by atoms with E-state index in [2.05, 4.69) is 14.9 Å². The lowest BCUT2D eigenvalue weighted by Crippen LogP contribution is -2.31. The van der Waals surface area contributed by atoms with Crippen molar-refractivity contribution in [2.24, 2.45) is 4.99 Å². The fourth-order valence-corrected chi connectivity index (χ4v) is 4.00. The second kappa shape index (κ2) is 9.14. The van der Waals surface area contributed by atoms with Gasteiger partial charge in [-0.2, -0.15) is 0 Å². The number of nitrogens with one attached hydrogen (secondary N) is 1. The number of H-pyrrole nitrogens is 1. The molecule has 0 amide bonds. The molecule has 0 atom stereocenters. The van der Waals surface area contributed by atoms with Crippen LogP contribution in [0.4, 0.5) is 5.69 Å². The average Bonchev–Trinajstić information content (AvgIpc) is 3.07. The number of rotatable bonds is 7. The van der Waals surface area contributed by atoms with Crippen LogP contribution >= 0.6 is 0 Å². The number of benzene rings is 2. The largest absolute Gasteiger partial charge is 0.494 e. The van der Waals surface area contributed by atoms with Crippen molar-refractivity contribution in [3.8, 4) is 11.6 Å². The number of fused-ring (bicyclic) bond motifs is 1. The van der Waals surface area contributed by atoms with Crippen LogP contribution in [0.25, 0.3) is 10.9 Å². The lowest BCUT2D eigenvalue weighted by Gasteiger charge is -2.26. The van der Waals surface area contributed by atoms with Crippen LogP contribution in [-0.2, 0) is 0 Å². The van der Waals surface area contributed by atoms with Crippen LogP contribution in [0.3, 0.4) is 0 Å². The minimum Gasteiger partial charge on any atom is -0.494 e. The van der Waals surface area contributed by atoms with Gasteiger partial charge in [-0.15, -0.1) is 0 Å². The molecule has 2 aromatic carbocycles. The molecule has 1 fully saturated rings. The Labute approximate surface area is 172 Å². The number of hydrogen-bond acceptors (Lipinski definition) is 4. The van der Waals surface area contributed by atoms with Gasteiger partial charge in [-0.05, 0) is 75.2 Å². The number of piperidine rings is 1. The molecule has 0 aliphatic carbocycles. The number of nitrogens with zero attached hydrogens (tertiary/aromatic N) is 2. The van der Waals surface area contributed by atoms with Crippen LogP contribution < -0.4 is 4.74 Å². The number of hydrogen-bond donors (Lipinski definition) is 2. The van der Waals surface area contributed by atoms with E-state index in [1.165, 1.54) is 32.4 Å². The summed E-state index contributed by atoms with van der Waals surface area (Å²) in [4.78, 5) is 10.1. The first-order chi connectivity index (χ1) is 14.2. The predicted molar refractivity (Wildman–Crippen MR) is 119 cm³/mol. The highest BCUT2D eigenvalue weighted by Gasteiger charge is 2.11. The molecule has 3 aromatic rings. The van der Waals surface area contributed by atoms with Crippen LogP contribution in [0.1, 0.15) is 36.8 Å². The van der Waals surface area contributed by atoms with Crippen molar-refractivity contribution in [1.82, 2.24) is 9.88 Å². The highest BCUT2D eigenvalue weighted by atomic mass is 16.5. The summed E-state index contributed by atoms with van der Waals surface area (Å²) in [7, 11) is 0. The van der Waals surface area contributed by atoms with Gasteiger partial charge in [0.2, 0.25) is 0 Å². The molecule has 29 heavy (non-hydrogen) atoms. The maximum absolute atomic E-state index is 10.2. The molecule has 0 unspecified atom stereocenters. The third kappa shape index (κ3) is 4.80. The number of aromatic nitrogens is 1. The smallest absolute Gasteiger partial charge is 0.198 e. The van der Waals surface area contributed by atoms with E-state index < -0.39 is 0 Å². The van der Waals surface area contributed by atoms with Crippen molar-refractivity contribution in [3.63, 3.8) is 0 Å². The number of aromatic hydroxyl groups is 1. The number of aromatic amines is 1. The third-order valence-corrected chi connectivity index (χ3v) is 5.57. The normalized spacial score (nSPS) is 15.3. The lowest BCUT2D eigenvalue weighted by molar-refractivity contribution is 0.205. The minimum absolute atomic E-state index is 0.145. The molecule has 1 aliphatic rings. The van der Waals surface area contributed by atoms with E-state index in [9.17, 15) is 5.11 Å². The Kier molecular flexibility index (Phi) is 6.15. The fraction of sp³-hybridized carbons (Fsp3) is 0.375. The predicted octanol–water partition coefficient (Wildman–Crippen LogP) is 5.19.